The summed E-state index contributed by atoms with van der Waals surface area (Å²) in [5.74, 6) is -1.77. The van der Waals surface area contributed by atoms with E-state index in [0.717, 1.165) is 10.4 Å². The van der Waals surface area contributed by atoms with Gasteiger partial charge in [0.25, 0.3) is 10.0 Å². The molecule has 0 aliphatic carbocycles. The molecule has 5 nitrogen and oxygen atoms in total. The van der Waals surface area contributed by atoms with Crippen molar-refractivity contribution < 1.29 is 17.6 Å². The lowest BCUT2D eigenvalue weighted by Gasteiger charge is -2.21. The summed E-state index contributed by atoms with van der Waals surface area (Å²) >= 11 is 0. The zero-order chi connectivity index (χ0) is 16.8. The van der Waals surface area contributed by atoms with Gasteiger partial charge in [0.05, 0.1) is 23.0 Å². The molecule has 0 fully saturated rings. The number of halogens is 1. The lowest BCUT2D eigenvalue weighted by Crippen LogP contribution is -2.33. The van der Waals surface area contributed by atoms with E-state index in [4.69, 9.17) is 5.73 Å². The Kier molecular flexibility index (Phi) is 3.60. The Labute approximate surface area is 133 Å². The van der Waals surface area contributed by atoms with Crippen LogP contribution in [-0.4, -0.2) is 20.9 Å². The molecule has 2 aromatic rings. The molecule has 0 saturated carbocycles. The highest BCUT2D eigenvalue weighted by Gasteiger charge is 2.39. The van der Waals surface area contributed by atoms with Gasteiger partial charge in [-0.1, -0.05) is 18.2 Å². The Bertz CT molecular complexity index is 896. The molecule has 0 spiro atoms. The van der Waals surface area contributed by atoms with Gasteiger partial charge in [0.15, 0.2) is 0 Å². The van der Waals surface area contributed by atoms with Gasteiger partial charge in [-0.2, -0.15) is 0 Å². The third kappa shape index (κ3) is 2.46. The van der Waals surface area contributed by atoms with Crippen molar-refractivity contribution in [3.63, 3.8) is 0 Å². The first-order chi connectivity index (χ1) is 10.8. The van der Waals surface area contributed by atoms with Crippen molar-refractivity contribution in [3.05, 3.63) is 59.4 Å². The Morgan fingerprint density at radius 3 is 2.61 bits per heavy atom. The minimum atomic E-state index is -3.91. The molecule has 1 amide bonds. The number of fused-ring (bicyclic) bond motifs is 1. The quantitative estimate of drug-likeness (QED) is 0.931. The highest BCUT2D eigenvalue weighted by Crippen LogP contribution is 2.39. The molecule has 1 heterocycles. The number of para-hydroxylation sites is 1. The first-order valence-corrected chi connectivity index (χ1v) is 8.43. The van der Waals surface area contributed by atoms with Crippen molar-refractivity contribution in [3.8, 4) is 0 Å². The van der Waals surface area contributed by atoms with Crippen molar-refractivity contribution in [2.45, 2.75) is 17.7 Å². The van der Waals surface area contributed by atoms with Crippen LogP contribution in [-0.2, 0) is 14.8 Å². The number of sulfonamides is 1. The fourth-order valence-electron chi connectivity index (χ4n) is 2.86. The van der Waals surface area contributed by atoms with Crippen LogP contribution in [0.2, 0.25) is 0 Å². The maximum absolute atomic E-state index is 13.3. The van der Waals surface area contributed by atoms with Crippen molar-refractivity contribution in [1.82, 2.24) is 0 Å². The van der Waals surface area contributed by atoms with Crippen LogP contribution in [0.5, 0.6) is 0 Å². The van der Waals surface area contributed by atoms with Crippen LogP contribution in [0.3, 0.4) is 0 Å². The predicted octanol–water partition coefficient (Wildman–Crippen LogP) is 1.91. The molecule has 0 saturated heterocycles. The maximum Gasteiger partial charge on any atom is 0.264 e. The highest BCUT2D eigenvalue weighted by molar-refractivity contribution is 7.93. The number of anilines is 1. The molecular weight excluding hydrogens is 319 g/mol. The second-order valence-electron chi connectivity index (χ2n) is 5.46. The van der Waals surface area contributed by atoms with Gasteiger partial charge in [-0.3, -0.25) is 9.10 Å². The molecule has 1 aliphatic heterocycles. The molecule has 0 radical (unpaired) electrons. The van der Waals surface area contributed by atoms with Crippen LogP contribution < -0.4 is 10.0 Å². The number of carbonyl (C=O) groups is 1. The molecule has 0 aromatic heterocycles. The summed E-state index contributed by atoms with van der Waals surface area (Å²) in [4.78, 5) is 11.6. The van der Waals surface area contributed by atoms with Gasteiger partial charge in [-0.25, -0.2) is 12.8 Å². The monoisotopic (exact) mass is 334 g/mol. The lowest BCUT2D eigenvalue weighted by atomic mass is 10.0. The van der Waals surface area contributed by atoms with Gasteiger partial charge >= 0.3 is 0 Å². The number of nitrogens with two attached hydrogens (primary N) is 1. The molecule has 23 heavy (non-hydrogen) atoms. The first-order valence-electron chi connectivity index (χ1n) is 6.99. The lowest BCUT2D eigenvalue weighted by molar-refractivity contribution is -0.119. The van der Waals surface area contributed by atoms with Crippen molar-refractivity contribution in [1.29, 1.82) is 0 Å². The summed E-state index contributed by atoms with van der Waals surface area (Å²) in [5.41, 5.74) is 6.72. The van der Waals surface area contributed by atoms with Gasteiger partial charge in [0.2, 0.25) is 5.91 Å². The number of aryl methyl sites for hydroxylation is 1. The fourth-order valence-corrected chi connectivity index (χ4v) is 4.58. The SMILES string of the molecule is Cc1cc(F)ccc1S(=O)(=O)N1C[C@@H](C(N)=O)c2ccccc21. The summed E-state index contributed by atoms with van der Waals surface area (Å²) in [6.07, 6.45) is 0. The molecular formula is C16H15FN2O3S. The van der Waals surface area contributed by atoms with Crippen LogP contribution in [0.1, 0.15) is 17.0 Å². The zero-order valence-electron chi connectivity index (χ0n) is 12.4. The molecule has 2 N–H and O–H groups in total. The van der Waals surface area contributed by atoms with Gasteiger partial charge in [-0.05, 0) is 42.3 Å². The van der Waals surface area contributed by atoms with E-state index >= 15 is 0 Å². The summed E-state index contributed by atoms with van der Waals surface area (Å²) < 4.78 is 40.3. The van der Waals surface area contributed by atoms with Gasteiger partial charge in [-0.15, -0.1) is 0 Å². The topological polar surface area (TPSA) is 80.5 Å². The largest absolute Gasteiger partial charge is 0.369 e. The molecule has 3 rings (SSSR count). The van der Waals surface area contributed by atoms with Crippen LogP contribution in [0.15, 0.2) is 47.4 Å². The average molecular weight is 334 g/mol. The van der Waals surface area contributed by atoms with E-state index < -0.39 is 27.7 Å². The fraction of sp³-hybridized carbons (Fsp3) is 0.188. The van der Waals surface area contributed by atoms with Crippen LogP contribution >= 0.6 is 0 Å². The summed E-state index contributed by atoms with van der Waals surface area (Å²) in [6, 6.07) is 10.3. The second kappa shape index (κ2) is 5.34. The number of rotatable bonds is 3. The minimum Gasteiger partial charge on any atom is -0.369 e. The zero-order valence-corrected chi connectivity index (χ0v) is 13.2. The van der Waals surface area contributed by atoms with Crippen LogP contribution in [0, 0.1) is 12.7 Å². The van der Waals surface area contributed by atoms with Crippen molar-refractivity contribution >= 4 is 21.6 Å². The van der Waals surface area contributed by atoms with E-state index in [2.05, 4.69) is 0 Å². The number of amides is 1. The van der Waals surface area contributed by atoms with E-state index in [-0.39, 0.29) is 11.4 Å². The van der Waals surface area contributed by atoms with Gasteiger partial charge in [0, 0.05) is 0 Å². The summed E-state index contributed by atoms with van der Waals surface area (Å²) in [5, 5.41) is 0. The molecule has 1 aliphatic rings. The highest BCUT2D eigenvalue weighted by atomic mass is 32.2. The standard InChI is InChI=1S/C16H15FN2O3S/c1-10-8-11(17)6-7-15(10)23(21,22)19-9-13(16(18)20)12-4-2-3-5-14(12)19/h2-8,13H,9H2,1H3,(H2,18,20)/t13-/m1/s1. The van der Waals surface area contributed by atoms with Gasteiger partial charge in [0.1, 0.15) is 5.82 Å². The summed E-state index contributed by atoms with van der Waals surface area (Å²) in [7, 11) is -3.91. The number of benzene rings is 2. The molecule has 2 aromatic carbocycles. The van der Waals surface area contributed by atoms with Gasteiger partial charge < -0.3 is 5.73 Å². The Hall–Kier alpha value is -2.41. The molecule has 1 atom stereocenters. The molecule has 120 valence electrons. The molecule has 7 heteroatoms. The number of nitrogens with zero attached hydrogens (tertiary/aromatic N) is 1. The van der Waals surface area contributed by atoms with E-state index in [9.17, 15) is 17.6 Å². The number of carbonyl (C=O) groups excluding carboxylic acids is 1. The molecule has 0 bridgehead atoms. The summed E-state index contributed by atoms with van der Waals surface area (Å²) in [6.45, 7) is 1.48. The van der Waals surface area contributed by atoms with E-state index in [1.165, 1.54) is 19.1 Å². The normalized spacial score (nSPS) is 17.1. The second-order valence-corrected chi connectivity index (χ2v) is 7.29. The predicted molar refractivity (Wildman–Crippen MR) is 84.0 cm³/mol. The molecule has 0 unspecified atom stereocenters. The maximum atomic E-state index is 13.3. The van der Waals surface area contributed by atoms with Crippen LogP contribution in [0.4, 0.5) is 10.1 Å². The van der Waals surface area contributed by atoms with E-state index in [1.54, 1.807) is 24.3 Å². The Morgan fingerprint density at radius 1 is 1.26 bits per heavy atom. The van der Waals surface area contributed by atoms with E-state index in [0.29, 0.717) is 16.8 Å². The van der Waals surface area contributed by atoms with Crippen molar-refractivity contribution in [2.75, 3.05) is 10.8 Å². The third-order valence-electron chi connectivity index (χ3n) is 3.98. The van der Waals surface area contributed by atoms with Crippen LogP contribution in [0.25, 0.3) is 0 Å². The smallest absolute Gasteiger partial charge is 0.264 e. The third-order valence-corrected chi connectivity index (χ3v) is 5.92. The Morgan fingerprint density at radius 2 is 1.96 bits per heavy atom. The van der Waals surface area contributed by atoms with E-state index in [1.807, 2.05) is 0 Å². The minimum absolute atomic E-state index is 0.0128. The Balaban J connectivity index is 2.13. The first kappa shape index (κ1) is 15.5. The average Bonchev–Trinajstić information content (AvgIpc) is 2.87. The van der Waals surface area contributed by atoms with Crippen molar-refractivity contribution in [2.24, 2.45) is 5.73 Å². The number of hydrogen-bond acceptors (Lipinski definition) is 3. The number of primary amides is 1. The number of hydrogen-bond donors (Lipinski definition) is 1.